The maximum atomic E-state index is 5.99. The molecule has 0 bridgehead atoms. The fourth-order valence-corrected chi connectivity index (χ4v) is 3.16. The van der Waals surface area contributed by atoms with E-state index in [1.165, 1.54) is 4.70 Å². The minimum atomic E-state index is 0.0991. The average molecular weight is 262 g/mol. The summed E-state index contributed by atoms with van der Waals surface area (Å²) in [4.78, 5) is 4.66. The van der Waals surface area contributed by atoms with Gasteiger partial charge in [0.15, 0.2) is 0 Å². The first-order valence-electron chi connectivity index (χ1n) is 6.42. The van der Waals surface area contributed by atoms with Crippen LogP contribution >= 0.6 is 11.3 Å². The molecule has 3 rings (SSSR count). The number of aromatic nitrogens is 1. The molecule has 96 valence electrons. The number of fused-ring (bicyclic) bond motifs is 1. The van der Waals surface area contributed by atoms with Gasteiger partial charge in [-0.3, -0.25) is 0 Å². The number of thiazole rings is 1. The second kappa shape index (κ2) is 4.61. The van der Waals surface area contributed by atoms with Crippen molar-refractivity contribution in [3.05, 3.63) is 29.3 Å². The molecule has 2 atom stereocenters. The molecule has 1 aliphatic rings. The Morgan fingerprint density at radius 3 is 3.00 bits per heavy atom. The van der Waals surface area contributed by atoms with E-state index in [0.29, 0.717) is 0 Å². The van der Waals surface area contributed by atoms with E-state index in [-0.39, 0.29) is 11.6 Å². The number of nitrogens with one attached hydrogen (secondary N) is 1. The molecule has 1 aromatic heterocycles. The van der Waals surface area contributed by atoms with Crippen molar-refractivity contribution in [1.82, 2.24) is 10.3 Å². The van der Waals surface area contributed by atoms with Gasteiger partial charge in [0.25, 0.3) is 0 Å². The molecule has 2 unspecified atom stereocenters. The number of hydrogen-bond donors (Lipinski definition) is 1. The van der Waals surface area contributed by atoms with Crippen LogP contribution in [0.3, 0.4) is 0 Å². The zero-order chi connectivity index (χ0) is 12.6. The lowest BCUT2D eigenvalue weighted by atomic mass is 9.98. The molecule has 3 nitrogen and oxygen atoms in total. The highest BCUT2D eigenvalue weighted by molar-refractivity contribution is 7.18. The van der Waals surface area contributed by atoms with Crippen molar-refractivity contribution in [2.45, 2.75) is 31.9 Å². The Morgan fingerprint density at radius 2 is 2.33 bits per heavy atom. The molecule has 1 N–H and O–H groups in total. The van der Waals surface area contributed by atoms with Gasteiger partial charge in [0.1, 0.15) is 11.1 Å². The third-order valence-corrected chi connectivity index (χ3v) is 4.81. The number of benzene rings is 1. The number of morpholine rings is 1. The van der Waals surface area contributed by atoms with Gasteiger partial charge in [-0.25, -0.2) is 4.98 Å². The van der Waals surface area contributed by atoms with E-state index in [9.17, 15) is 0 Å². The molecule has 1 fully saturated rings. The van der Waals surface area contributed by atoms with Gasteiger partial charge in [0.05, 0.1) is 16.8 Å². The molecule has 0 saturated carbocycles. The van der Waals surface area contributed by atoms with Crippen LogP contribution in [0.2, 0.25) is 0 Å². The molecule has 2 heterocycles. The molecular formula is C14H18N2OS. The second-order valence-corrected chi connectivity index (χ2v) is 6.18. The largest absolute Gasteiger partial charge is 0.368 e. The van der Waals surface area contributed by atoms with Gasteiger partial charge in [-0.05, 0) is 25.5 Å². The lowest BCUT2D eigenvalue weighted by Crippen LogP contribution is -2.52. The highest BCUT2D eigenvalue weighted by atomic mass is 32.1. The fourth-order valence-electron chi connectivity index (χ4n) is 2.15. The highest BCUT2D eigenvalue weighted by Gasteiger charge is 2.31. The monoisotopic (exact) mass is 262 g/mol. The van der Waals surface area contributed by atoms with Crippen LogP contribution < -0.4 is 5.32 Å². The number of para-hydroxylation sites is 1. The van der Waals surface area contributed by atoms with Crippen LogP contribution in [0.4, 0.5) is 0 Å². The lowest BCUT2D eigenvalue weighted by Gasteiger charge is -2.37. The zero-order valence-electron chi connectivity index (χ0n) is 10.8. The molecule has 0 radical (unpaired) electrons. The Kier molecular flexibility index (Phi) is 3.09. The Labute approximate surface area is 111 Å². The first-order chi connectivity index (χ1) is 8.70. The van der Waals surface area contributed by atoms with Gasteiger partial charge in [-0.2, -0.15) is 0 Å². The fraction of sp³-hybridized carbons (Fsp3) is 0.500. The Morgan fingerprint density at radius 1 is 1.50 bits per heavy atom. The first kappa shape index (κ1) is 12.1. The van der Waals surface area contributed by atoms with E-state index in [0.717, 1.165) is 30.1 Å². The molecule has 1 aromatic carbocycles. The summed E-state index contributed by atoms with van der Waals surface area (Å²) in [5, 5.41) is 4.66. The van der Waals surface area contributed by atoms with Gasteiger partial charge in [0.2, 0.25) is 0 Å². The molecule has 1 saturated heterocycles. The second-order valence-electron chi connectivity index (χ2n) is 5.11. The van der Waals surface area contributed by atoms with E-state index in [4.69, 9.17) is 4.74 Å². The van der Waals surface area contributed by atoms with Gasteiger partial charge < -0.3 is 10.1 Å². The van der Waals surface area contributed by atoms with E-state index in [1.807, 2.05) is 6.07 Å². The number of ether oxygens (including phenoxy) is 1. The predicted molar refractivity (Wildman–Crippen MR) is 75.0 cm³/mol. The van der Waals surface area contributed by atoms with E-state index in [1.54, 1.807) is 11.3 Å². The van der Waals surface area contributed by atoms with E-state index in [2.05, 4.69) is 42.3 Å². The zero-order valence-corrected chi connectivity index (χ0v) is 11.6. The summed E-state index contributed by atoms with van der Waals surface area (Å²) in [5.74, 6) is 0. The maximum absolute atomic E-state index is 5.99. The summed E-state index contributed by atoms with van der Waals surface area (Å²) in [5.41, 5.74) is 1.19. The summed E-state index contributed by atoms with van der Waals surface area (Å²) >= 11 is 1.74. The van der Waals surface area contributed by atoms with Crippen LogP contribution in [-0.4, -0.2) is 23.7 Å². The Balaban J connectivity index is 1.80. The average Bonchev–Trinajstić information content (AvgIpc) is 2.83. The molecular weight excluding hydrogens is 244 g/mol. The van der Waals surface area contributed by atoms with Crippen LogP contribution in [0.1, 0.15) is 31.4 Å². The highest BCUT2D eigenvalue weighted by Crippen LogP contribution is 2.31. The van der Waals surface area contributed by atoms with Crippen LogP contribution in [0.15, 0.2) is 24.3 Å². The Hall–Kier alpha value is -0.970. The molecule has 0 amide bonds. The molecule has 0 spiro atoms. The van der Waals surface area contributed by atoms with Crippen molar-refractivity contribution in [2.24, 2.45) is 0 Å². The lowest BCUT2D eigenvalue weighted by molar-refractivity contribution is -0.0299. The molecule has 4 heteroatoms. The number of rotatable bonds is 2. The van der Waals surface area contributed by atoms with Crippen molar-refractivity contribution in [3.63, 3.8) is 0 Å². The number of hydrogen-bond acceptors (Lipinski definition) is 4. The number of nitrogens with zero attached hydrogens (tertiary/aromatic N) is 1. The van der Waals surface area contributed by atoms with Crippen molar-refractivity contribution in [2.75, 3.05) is 13.2 Å². The van der Waals surface area contributed by atoms with Crippen molar-refractivity contribution in [3.8, 4) is 0 Å². The minimum absolute atomic E-state index is 0.0991. The van der Waals surface area contributed by atoms with Gasteiger partial charge in [-0.15, -0.1) is 11.3 Å². The SMILES string of the molecule is CCC1(C)COC(c2nc3ccccc3s2)CN1. The quantitative estimate of drug-likeness (QED) is 0.903. The summed E-state index contributed by atoms with van der Waals surface area (Å²) in [7, 11) is 0. The van der Waals surface area contributed by atoms with Gasteiger partial charge in [-0.1, -0.05) is 19.1 Å². The summed E-state index contributed by atoms with van der Waals surface area (Å²) in [6.45, 7) is 6.00. The molecule has 2 aromatic rings. The van der Waals surface area contributed by atoms with Crippen molar-refractivity contribution >= 4 is 21.6 Å². The standard InChI is InChI=1S/C14H18N2OS/c1-3-14(2)9-17-11(8-15-14)13-16-10-6-4-5-7-12(10)18-13/h4-7,11,15H,3,8-9H2,1-2H3. The van der Waals surface area contributed by atoms with Crippen LogP contribution in [0, 0.1) is 0 Å². The van der Waals surface area contributed by atoms with Crippen LogP contribution in [0.5, 0.6) is 0 Å². The molecule has 18 heavy (non-hydrogen) atoms. The first-order valence-corrected chi connectivity index (χ1v) is 7.24. The minimum Gasteiger partial charge on any atom is -0.368 e. The van der Waals surface area contributed by atoms with Crippen molar-refractivity contribution < 1.29 is 4.74 Å². The third kappa shape index (κ3) is 2.16. The maximum Gasteiger partial charge on any atom is 0.124 e. The Bertz CT molecular complexity index is 510. The van der Waals surface area contributed by atoms with E-state index < -0.39 is 0 Å². The van der Waals surface area contributed by atoms with Crippen LogP contribution in [-0.2, 0) is 4.74 Å². The summed E-state index contributed by atoms with van der Waals surface area (Å²) in [6.07, 6.45) is 1.18. The molecule has 1 aliphatic heterocycles. The molecule has 0 aliphatic carbocycles. The predicted octanol–water partition coefficient (Wildman–Crippen LogP) is 3.13. The summed E-state index contributed by atoms with van der Waals surface area (Å²) in [6, 6.07) is 8.25. The van der Waals surface area contributed by atoms with Gasteiger partial charge >= 0.3 is 0 Å². The van der Waals surface area contributed by atoms with Crippen LogP contribution in [0.25, 0.3) is 10.2 Å². The van der Waals surface area contributed by atoms with E-state index >= 15 is 0 Å². The topological polar surface area (TPSA) is 34.1 Å². The smallest absolute Gasteiger partial charge is 0.124 e. The normalized spacial score (nSPS) is 28.7. The summed E-state index contributed by atoms with van der Waals surface area (Å²) < 4.78 is 7.22. The third-order valence-electron chi connectivity index (χ3n) is 3.68. The van der Waals surface area contributed by atoms with Gasteiger partial charge in [0, 0.05) is 12.1 Å². The van der Waals surface area contributed by atoms with Crippen molar-refractivity contribution in [1.29, 1.82) is 0 Å².